The molecule has 0 spiro atoms. The highest BCUT2D eigenvalue weighted by Crippen LogP contribution is 2.44. The predicted octanol–water partition coefficient (Wildman–Crippen LogP) is 4.02. The molecule has 1 N–H and O–H groups in total. The minimum atomic E-state index is -0.299. The van der Waals surface area contributed by atoms with E-state index in [0.717, 1.165) is 5.03 Å². The fourth-order valence-corrected chi connectivity index (χ4v) is 4.32. The van der Waals surface area contributed by atoms with E-state index in [0.29, 0.717) is 12.0 Å². The van der Waals surface area contributed by atoms with E-state index < -0.39 is 0 Å². The highest BCUT2D eigenvalue weighted by atomic mass is 32.2. The molecule has 1 aromatic rings. The van der Waals surface area contributed by atoms with Gasteiger partial charge in [0.25, 0.3) is 0 Å². The summed E-state index contributed by atoms with van der Waals surface area (Å²) in [4.78, 5) is 12.8. The minimum Gasteiger partial charge on any atom is -0.466 e. The fourth-order valence-electron chi connectivity index (χ4n) is 3.29. The lowest BCUT2D eigenvalue weighted by atomic mass is 9.81. The summed E-state index contributed by atoms with van der Waals surface area (Å²) >= 11 is 1.62. The molecule has 1 fully saturated rings. The van der Waals surface area contributed by atoms with Gasteiger partial charge in [-0.2, -0.15) is 0 Å². The summed E-state index contributed by atoms with van der Waals surface area (Å²) in [5.74, 6) is 0.355. The van der Waals surface area contributed by atoms with Crippen LogP contribution in [0.4, 0.5) is 0 Å². The van der Waals surface area contributed by atoms with Gasteiger partial charge in [0.15, 0.2) is 0 Å². The van der Waals surface area contributed by atoms with E-state index in [1.165, 1.54) is 49.7 Å². The van der Waals surface area contributed by atoms with Crippen molar-refractivity contribution in [1.29, 1.82) is 0 Å². The summed E-state index contributed by atoms with van der Waals surface area (Å²) in [5, 5.41) is 4.47. The van der Waals surface area contributed by atoms with Crippen LogP contribution < -0.4 is 5.32 Å². The molecule has 0 unspecified atom stereocenters. The first-order valence-corrected chi connectivity index (χ1v) is 8.42. The van der Waals surface area contributed by atoms with E-state index in [9.17, 15) is 4.79 Å². The molecule has 2 aliphatic rings. The lowest BCUT2D eigenvalue weighted by molar-refractivity contribution is -0.134. The second-order valence-electron chi connectivity index (χ2n) is 5.69. The number of thioether (sulfide) groups is 1. The van der Waals surface area contributed by atoms with Crippen molar-refractivity contribution in [3.63, 3.8) is 0 Å². The molecule has 0 saturated heterocycles. The van der Waals surface area contributed by atoms with Gasteiger partial charge in [-0.15, -0.1) is 0 Å². The molecular formula is C17H21NO2S. The number of ether oxygens (including phenoxy) is 1. The van der Waals surface area contributed by atoms with Crippen molar-refractivity contribution >= 4 is 17.7 Å². The zero-order chi connectivity index (χ0) is 14.7. The number of nitrogens with one attached hydrogen (secondary N) is 1. The zero-order valence-electron chi connectivity index (χ0n) is 12.3. The summed E-state index contributed by atoms with van der Waals surface area (Å²) in [7, 11) is 1.42. The molecule has 0 aromatic heterocycles. The van der Waals surface area contributed by atoms with Crippen molar-refractivity contribution in [3.05, 3.63) is 40.9 Å². The van der Waals surface area contributed by atoms with Crippen molar-refractivity contribution in [3.8, 4) is 0 Å². The zero-order valence-corrected chi connectivity index (χ0v) is 13.1. The Morgan fingerprint density at radius 3 is 2.81 bits per heavy atom. The molecule has 0 radical (unpaired) electrons. The summed E-state index contributed by atoms with van der Waals surface area (Å²) < 4.78 is 4.75. The molecule has 0 amide bonds. The van der Waals surface area contributed by atoms with Gasteiger partial charge in [0.2, 0.25) is 0 Å². The van der Waals surface area contributed by atoms with E-state index in [-0.39, 0.29) is 5.97 Å². The van der Waals surface area contributed by atoms with Crippen molar-refractivity contribution in [2.45, 2.75) is 43.0 Å². The summed E-state index contributed by atoms with van der Waals surface area (Å²) in [5.41, 5.74) is 1.37. The van der Waals surface area contributed by atoms with E-state index in [4.69, 9.17) is 4.74 Å². The maximum Gasteiger partial charge on any atom is 0.333 e. The van der Waals surface area contributed by atoms with Crippen molar-refractivity contribution in [1.82, 2.24) is 5.32 Å². The van der Waals surface area contributed by atoms with E-state index >= 15 is 0 Å². The first kappa shape index (κ1) is 14.5. The van der Waals surface area contributed by atoms with E-state index in [2.05, 4.69) is 29.6 Å². The summed E-state index contributed by atoms with van der Waals surface area (Å²) in [6.07, 6.45) is 8.08. The topological polar surface area (TPSA) is 38.3 Å². The molecule has 1 aromatic carbocycles. The van der Waals surface area contributed by atoms with Crippen LogP contribution in [-0.4, -0.2) is 13.1 Å². The number of methoxy groups -OCH3 is 1. The van der Waals surface area contributed by atoms with Crippen LogP contribution in [0.5, 0.6) is 0 Å². The number of benzene rings is 1. The monoisotopic (exact) mass is 303 g/mol. The van der Waals surface area contributed by atoms with Crippen LogP contribution in [0, 0.1) is 5.92 Å². The smallest absolute Gasteiger partial charge is 0.333 e. The Hall–Kier alpha value is -1.42. The van der Waals surface area contributed by atoms with Gasteiger partial charge >= 0.3 is 5.97 Å². The Morgan fingerprint density at radius 1 is 1.29 bits per heavy atom. The molecule has 1 aliphatic heterocycles. The molecule has 1 atom stereocenters. The molecule has 3 rings (SSSR count). The third-order valence-electron chi connectivity index (χ3n) is 4.34. The van der Waals surface area contributed by atoms with Crippen LogP contribution in [-0.2, 0) is 9.53 Å². The van der Waals surface area contributed by atoms with Gasteiger partial charge < -0.3 is 10.1 Å². The Kier molecular flexibility index (Phi) is 4.54. The van der Waals surface area contributed by atoms with Crippen molar-refractivity contribution < 1.29 is 9.53 Å². The number of hydrogen-bond acceptors (Lipinski definition) is 4. The lowest BCUT2D eigenvalue weighted by Gasteiger charge is -2.36. The first-order chi connectivity index (χ1) is 10.3. The lowest BCUT2D eigenvalue weighted by Crippen LogP contribution is -2.31. The molecule has 21 heavy (non-hydrogen) atoms. The van der Waals surface area contributed by atoms with Crippen LogP contribution in [0.25, 0.3) is 0 Å². The quantitative estimate of drug-likeness (QED) is 0.661. The number of carbonyl (C=O) groups excluding carboxylic acids is 1. The number of hydrogen-bond donors (Lipinski definition) is 1. The Morgan fingerprint density at radius 2 is 2.05 bits per heavy atom. The van der Waals surface area contributed by atoms with Gasteiger partial charge in [0.05, 0.1) is 24.3 Å². The number of carbonyl (C=O) groups is 1. The molecule has 1 saturated carbocycles. The predicted molar refractivity (Wildman–Crippen MR) is 84.8 cm³/mol. The van der Waals surface area contributed by atoms with Gasteiger partial charge in [-0.1, -0.05) is 49.2 Å². The second-order valence-corrected chi connectivity index (χ2v) is 6.78. The largest absolute Gasteiger partial charge is 0.466 e. The first-order valence-electron chi connectivity index (χ1n) is 7.61. The second kappa shape index (κ2) is 6.56. The van der Waals surface area contributed by atoms with Crippen molar-refractivity contribution in [2.75, 3.05) is 7.11 Å². The number of fused-ring (bicyclic) bond motifs is 1. The standard InChI is InChI=1S/C17H21NO2S/c1-20-16(19)11-15-18-17(12-7-3-2-4-8-12)13-9-5-6-10-14(13)21-15/h5-6,9-12,17-18H,2-4,7-8H2,1H3/b15-11-/t17-/m1/s1. The van der Waals surface area contributed by atoms with Gasteiger partial charge in [-0.05, 0) is 30.4 Å². The SMILES string of the molecule is COC(=O)/C=C1/N[C@H](C2CCCCC2)c2ccccc2S1. The maximum atomic E-state index is 11.5. The third-order valence-corrected chi connectivity index (χ3v) is 5.39. The highest BCUT2D eigenvalue weighted by Gasteiger charge is 2.30. The average molecular weight is 303 g/mol. The van der Waals surface area contributed by atoms with Crippen LogP contribution >= 0.6 is 11.8 Å². The fraction of sp³-hybridized carbons (Fsp3) is 0.471. The molecular weight excluding hydrogens is 282 g/mol. The van der Waals surface area contributed by atoms with Crippen molar-refractivity contribution in [2.24, 2.45) is 5.92 Å². The number of esters is 1. The van der Waals surface area contributed by atoms with Gasteiger partial charge in [-0.25, -0.2) is 4.79 Å². The average Bonchev–Trinajstić information content (AvgIpc) is 2.55. The molecule has 4 heteroatoms. The van der Waals surface area contributed by atoms with E-state index in [1.807, 2.05) is 0 Å². The summed E-state index contributed by atoms with van der Waals surface area (Å²) in [6.45, 7) is 0. The molecule has 3 nitrogen and oxygen atoms in total. The minimum absolute atomic E-state index is 0.299. The van der Waals surface area contributed by atoms with Crippen LogP contribution in [0.15, 0.2) is 40.3 Å². The van der Waals surface area contributed by atoms with Crippen LogP contribution in [0.2, 0.25) is 0 Å². The van der Waals surface area contributed by atoms with Crippen LogP contribution in [0.3, 0.4) is 0 Å². The third kappa shape index (κ3) is 3.26. The van der Waals surface area contributed by atoms with Crippen LogP contribution in [0.1, 0.15) is 43.7 Å². The molecule has 1 aliphatic carbocycles. The highest BCUT2D eigenvalue weighted by molar-refractivity contribution is 8.03. The molecule has 0 bridgehead atoms. The van der Waals surface area contributed by atoms with Gasteiger partial charge in [0, 0.05) is 4.90 Å². The Balaban J connectivity index is 1.90. The molecule has 112 valence electrons. The van der Waals surface area contributed by atoms with Gasteiger partial charge in [0.1, 0.15) is 0 Å². The molecule has 1 heterocycles. The van der Waals surface area contributed by atoms with E-state index in [1.54, 1.807) is 17.8 Å². The normalized spacial score (nSPS) is 24.2. The Bertz CT molecular complexity index is 549. The summed E-state index contributed by atoms with van der Waals surface area (Å²) in [6, 6.07) is 8.83. The Labute approximate surface area is 130 Å². The maximum absolute atomic E-state index is 11.5. The number of rotatable bonds is 2. The van der Waals surface area contributed by atoms with Gasteiger partial charge in [-0.3, -0.25) is 0 Å².